The number of likely N-dealkylation sites (N-methyl/N-ethyl adjacent to an activating group) is 1. The van der Waals surface area contributed by atoms with Crippen LogP contribution in [0, 0.1) is 5.82 Å². The molecule has 0 aromatic heterocycles. The fourth-order valence-corrected chi connectivity index (χ4v) is 1.99. The van der Waals surface area contributed by atoms with Crippen LogP contribution < -0.4 is 10.0 Å². The van der Waals surface area contributed by atoms with Crippen LogP contribution in [0.15, 0.2) is 23.1 Å². The molecule has 0 aliphatic carbocycles. The lowest BCUT2D eigenvalue weighted by Crippen LogP contribution is -2.28. The summed E-state index contributed by atoms with van der Waals surface area (Å²) in [5, 5.41) is 4.89. The van der Waals surface area contributed by atoms with Crippen LogP contribution >= 0.6 is 0 Å². The Morgan fingerprint density at radius 2 is 2.11 bits per heavy atom. The summed E-state index contributed by atoms with van der Waals surface area (Å²) < 4.78 is 40.6. The van der Waals surface area contributed by atoms with Gasteiger partial charge in [0.1, 0.15) is 12.4 Å². The number of carbonyl (C=O) groups excluding carboxylic acids is 1. The molecule has 0 unspecified atom stereocenters. The summed E-state index contributed by atoms with van der Waals surface area (Å²) in [5.41, 5.74) is 0.0838. The Balaban J connectivity index is 2.94. The van der Waals surface area contributed by atoms with Crippen molar-refractivity contribution in [2.24, 2.45) is 5.14 Å². The third-order valence-electron chi connectivity index (χ3n) is 2.33. The van der Waals surface area contributed by atoms with Crippen LogP contribution in [0.3, 0.4) is 0 Å². The molecule has 1 aromatic rings. The molecule has 0 amide bonds. The second kappa shape index (κ2) is 5.98. The molecule has 0 fully saturated rings. The van der Waals surface area contributed by atoms with E-state index in [1.54, 1.807) is 6.92 Å². The molecule has 8 heteroatoms. The normalized spacial score (nSPS) is 11.2. The minimum absolute atomic E-state index is 0.0838. The minimum Gasteiger partial charge on any atom is -0.465 e. The fraction of sp³-hybridized carbons (Fsp3) is 0.364. The average Bonchev–Trinajstić information content (AvgIpc) is 2.27. The first-order valence-electron chi connectivity index (χ1n) is 5.44. The number of ether oxygens (including phenoxy) is 1. The highest BCUT2D eigenvalue weighted by Gasteiger charge is 2.15. The Labute approximate surface area is 111 Å². The van der Waals surface area contributed by atoms with Crippen molar-refractivity contribution in [1.29, 1.82) is 0 Å². The van der Waals surface area contributed by atoms with Crippen LogP contribution in [0.4, 0.5) is 10.1 Å². The van der Waals surface area contributed by atoms with E-state index in [1.165, 1.54) is 24.1 Å². The molecular formula is C11H15FN2O4S. The van der Waals surface area contributed by atoms with Gasteiger partial charge >= 0.3 is 5.97 Å². The van der Waals surface area contributed by atoms with Gasteiger partial charge in [0.15, 0.2) is 0 Å². The molecule has 0 atom stereocenters. The number of rotatable bonds is 5. The van der Waals surface area contributed by atoms with Crippen molar-refractivity contribution in [1.82, 2.24) is 0 Å². The van der Waals surface area contributed by atoms with Crippen LogP contribution in [0.2, 0.25) is 0 Å². The predicted molar refractivity (Wildman–Crippen MR) is 67.7 cm³/mol. The first kappa shape index (κ1) is 15.4. The lowest BCUT2D eigenvalue weighted by molar-refractivity contribution is -0.141. The van der Waals surface area contributed by atoms with Gasteiger partial charge in [-0.05, 0) is 25.1 Å². The highest BCUT2D eigenvalue weighted by molar-refractivity contribution is 7.89. The largest absolute Gasteiger partial charge is 0.465 e. The maximum absolute atomic E-state index is 13.8. The van der Waals surface area contributed by atoms with Crippen LogP contribution in [0.5, 0.6) is 0 Å². The lowest BCUT2D eigenvalue weighted by Gasteiger charge is -2.19. The number of benzene rings is 1. The second-order valence-corrected chi connectivity index (χ2v) is 5.38. The van der Waals surface area contributed by atoms with Gasteiger partial charge in [-0.15, -0.1) is 0 Å². The molecule has 0 saturated carbocycles. The molecule has 0 saturated heterocycles. The molecule has 0 spiro atoms. The van der Waals surface area contributed by atoms with Crippen LogP contribution in [-0.4, -0.2) is 34.6 Å². The number of anilines is 1. The van der Waals surface area contributed by atoms with Crippen molar-refractivity contribution in [2.45, 2.75) is 11.8 Å². The molecule has 0 radical (unpaired) electrons. The van der Waals surface area contributed by atoms with Gasteiger partial charge < -0.3 is 9.64 Å². The van der Waals surface area contributed by atoms with E-state index in [4.69, 9.17) is 9.88 Å². The summed E-state index contributed by atoms with van der Waals surface area (Å²) in [6.45, 7) is 1.76. The smallest absolute Gasteiger partial charge is 0.325 e. The van der Waals surface area contributed by atoms with Gasteiger partial charge in [0.25, 0.3) is 0 Å². The SMILES string of the molecule is CCOC(=O)CN(C)c1ccc(S(N)(=O)=O)cc1F. The summed E-state index contributed by atoms with van der Waals surface area (Å²) >= 11 is 0. The van der Waals surface area contributed by atoms with Gasteiger partial charge in [-0.3, -0.25) is 4.79 Å². The molecule has 19 heavy (non-hydrogen) atoms. The number of hydrogen-bond donors (Lipinski definition) is 1. The van der Waals surface area contributed by atoms with Gasteiger partial charge in [0, 0.05) is 7.05 Å². The van der Waals surface area contributed by atoms with E-state index in [1.807, 2.05) is 0 Å². The van der Waals surface area contributed by atoms with Crippen molar-refractivity contribution in [3.8, 4) is 0 Å². The van der Waals surface area contributed by atoms with Crippen molar-refractivity contribution >= 4 is 21.7 Å². The van der Waals surface area contributed by atoms with Crippen molar-refractivity contribution in [3.63, 3.8) is 0 Å². The second-order valence-electron chi connectivity index (χ2n) is 3.82. The van der Waals surface area contributed by atoms with Gasteiger partial charge in [-0.1, -0.05) is 0 Å². The molecule has 0 aliphatic rings. The van der Waals surface area contributed by atoms with Crippen molar-refractivity contribution in [3.05, 3.63) is 24.0 Å². The number of primary sulfonamides is 1. The zero-order chi connectivity index (χ0) is 14.6. The van der Waals surface area contributed by atoms with Gasteiger partial charge in [0.2, 0.25) is 10.0 Å². The number of carbonyl (C=O) groups is 1. The molecule has 0 bridgehead atoms. The molecule has 1 rings (SSSR count). The number of hydrogen-bond acceptors (Lipinski definition) is 5. The Hall–Kier alpha value is -1.67. The standard InChI is InChI=1S/C11H15FN2O4S/c1-3-18-11(15)7-14(2)10-5-4-8(6-9(10)12)19(13,16)17/h4-6H,3,7H2,1-2H3,(H2,13,16,17). The first-order chi connectivity index (χ1) is 8.75. The third-order valence-corrected chi connectivity index (χ3v) is 3.24. The summed E-state index contributed by atoms with van der Waals surface area (Å²) in [6.07, 6.45) is 0. The zero-order valence-electron chi connectivity index (χ0n) is 10.6. The fourth-order valence-electron chi connectivity index (χ4n) is 1.46. The summed E-state index contributed by atoms with van der Waals surface area (Å²) in [5.74, 6) is -1.28. The number of nitrogens with two attached hydrogens (primary N) is 1. The topological polar surface area (TPSA) is 89.7 Å². The van der Waals surface area contributed by atoms with Gasteiger partial charge in [0.05, 0.1) is 17.2 Å². The number of sulfonamides is 1. The number of nitrogens with zero attached hydrogens (tertiary/aromatic N) is 1. The minimum atomic E-state index is -3.95. The van der Waals surface area contributed by atoms with E-state index in [2.05, 4.69) is 0 Å². The Morgan fingerprint density at radius 1 is 1.47 bits per heavy atom. The van der Waals surface area contributed by atoms with Crippen LogP contribution in [0.25, 0.3) is 0 Å². The van der Waals surface area contributed by atoms with E-state index in [0.717, 1.165) is 6.07 Å². The number of esters is 1. The molecule has 0 aliphatic heterocycles. The maximum Gasteiger partial charge on any atom is 0.325 e. The Bertz CT molecular complexity index is 574. The zero-order valence-corrected chi connectivity index (χ0v) is 11.4. The monoisotopic (exact) mass is 290 g/mol. The average molecular weight is 290 g/mol. The third kappa shape index (κ3) is 4.18. The van der Waals surface area contributed by atoms with E-state index in [9.17, 15) is 17.6 Å². The predicted octanol–water partition coefficient (Wildman–Crippen LogP) is 0.472. The van der Waals surface area contributed by atoms with E-state index in [-0.39, 0.29) is 23.7 Å². The highest BCUT2D eigenvalue weighted by Crippen LogP contribution is 2.21. The molecule has 0 heterocycles. The molecule has 2 N–H and O–H groups in total. The molecule has 1 aromatic carbocycles. The van der Waals surface area contributed by atoms with Crippen molar-refractivity contribution in [2.75, 3.05) is 25.1 Å². The highest BCUT2D eigenvalue weighted by atomic mass is 32.2. The summed E-state index contributed by atoms with van der Waals surface area (Å²) in [4.78, 5) is 12.3. The van der Waals surface area contributed by atoms with Gasteiger partial charge in [-0.2, -0.15) is 0 Å². The maximum atomic E-state index is 13.8. The Morgan fingerprint density at radius 3 is 2.58 bits per heavy atom. The Kier molecular flexibility index (Phi) is 4.84. The van der Waals surface area contributed by atoms with Gasteiger partial charge in [-0.25, -0.2) is 17.9 Å². The van der Waals surface area contributed by atoms with Crippen LogP contribution in [0.1, 0.15) is 6.92 Å². The molecule has 6 nitrogen and oxygen atoms in total. The number of halogens is 1. The first-order valence-corrected chi connectivity index (χ1v) is 6.99. The molecular weight excluding hydrogens is 275 g/mol. The molecule has 106 valence electrons. The quantitative estimate of drug-likeness (QED) is 0.796. The van der Waals surface area contributed by atoms with Crippen LogP contribution in [-0.2, 0) is 19.6 Å². The van der Waals surface area contributed by atoms with Crippen molar-refractivity contribution < 1.29 is 22.3 Å². The van der Waals surface area contributed by atoms with E-state index in [0.29, 0.717) is 0 Å². The summed E-state index contributed by atoms with van der Waals surface area (Å²) in [6, 6.07) is 3.23. The van der Waals surface area contributed by atoms with E-state index >= 15 is 0 Å². The summed E-state index contributed by atoms with van der Waals surface area (Å²) in [7, 11) is -2.46. The lowest BCUT2D eigenvalue weighted by atomic mass is 10.3. The van der Waals surface area contributed by atoms with E-state index < -0.39 is 21.8 Å².